The third-order valence-corrected chi connectivity index (χ3v) is 2.85. The van der Waals surface area contributed by atoms with E-state index in [9.17, 15) is 13.2 Å². The molecule has 0 bridgehead atoms. The van der Waals surface area contributed by atoms with Crippen LogP contribution < -0.4 is 10.5 Å². The Labute approximate surface area is 119 Å². The second kappa shape index (κ2) is 5.63. The lowest BCUT2D eigenvalue weighted by atomic mass is 10.3. The largest absolute Gasteiger partial charge is 0.481 e. The summed E-state index contributed by atoms with van der Waals surface area (Å²) in [4.78, 5) is 8.29. The first kappa shape index (κ1) is 15.1. The predicted molar refractivity (Wildman–Crippen MR) is 71.4 cm³/mol. The number of rotatable bonds is 4. The summed E-state index contributed by atoms with van der Waals surface area (Å²) in [5, 5.41) is 0. The maximum Gasteiger partial charge on any atom is 0.389 e. The molecule has 2 heterocycles. The standard InChI is InChI=1S/C13H15F3N4O/c1-8-7-20(10(18-8)5-6-13(14,15)16)12-9(17)3-4-11(19-12)21-2/h3-4,7H,5-6,17H2,1-2H3. The molecular formula is C13H15F3N4O. The average molecular weight is 300 g/mol. The number of imidazole rings is 1. The van der Waals surface area contributed by atoms with Crippen LogP contribution in [0.4, 0.5) is 18.9 Å². The van der Waals surface area contributed by atoms with Crippen molar-refractivity contribution in [2.24, 2.45) is 0 Å². The summed E-state index contributed by atoms with van der Waals surface area (Å²) in [5.41, 5.74) is 6.78. The van der Waals surface area contributed by atoms with Gasteiger partial charge in [0.25, 0.3) is 0 Å². The summed E-state index contributed by atoms with van der Waals surface area (Å²) >= 11 is 0. The van der Waals surface area contributed by atoms with Gasteiger partial charge in [-0.2, -0.15) is 18.2 Å². The topological polar surface area (TPSA) is 66.0 Å². The van der Waals surface area contributed by atoms with E-state index in [1.165, 1.54) is 11.7 Å². The van der Waals surface area contributed by atoms with E-state index in [1.807, 2.05) is 0 Å². The summed E-state index contributed by atoms with van der Waals surface area (Å²) in [6, 6.07) is 3.17. The molecule has 8 heteroatoms. The Bertz CT molecular complexity index is 637. The van der Waals surface area contributed by atoms with Crippen molar-refractivity contribution in [3.05, 3.63) is 29.8 Å². The Balaban J connectivity index is 2.40. The predicted octanol–water partition coefficient (Wildman–Crippen LogP) is 2.66. The first-order valence-corrected chi connectivity index (χ1v) is 6.22. The van der Waals surface area contributed by atoms with Gasteiger partial charge in [0.1, 0.15) is 5.82 Å². The van der Waals surface area contributed by atoms with Gasteiger partial charge in [-0.25, -0.2) is 4.98 Å². The Kier molecular flexibility index (Phi) is 4.06. The van der Waals surface area contributed by atoms with Crippen molar-refractivity contribution in [2.75, 3.05) is 12.8 Å². The fourth-order valence-corrected chi connectivity index (χ4v) is 1.91. The number of nitrogens with zero attached hydrogens (tertiary/aromatic N) is 3. The van der Waals surface area contributed by atoms with Gasteiger partial charge in [-0.1, -0.05) is 0 Å². The van der Waals surface area contributed by atoms with Crippen LogP contribution in [0.15, 0.2) is 18.3 Å². The second-order valence-electron chi connectivity index (χ2n) is 4.55. The van der Waals surface area contributed by atoms with Crippen molar-refractivity contribution in [2.45, 2.75) is 25.9 Å². The van der Waals surface area contributed by atoms with E-state index in [2.05, 4.69) is 9.97 Å². The van der Waals surface area contributed by atoms with E-state index in [0.717, 1.165) is 0 Å². The monoisotopic (exact) mass is 300 g/mol. The number of anilines is 1. The van der Waals surface area contributed by atoms with Crippen LogP contribution in [-0.2, 0) is 6.42 Å². The van der Waals surface area contributed by atoms with Crippen LogP contribution in [0.25, 0.3) is 5.82 Å². The fourth-order valence-electron chi connectivity index (χ4n) is 1.91. The third-order valence-electron chi connectivity index (χ3n) is 2.85. The molecule has 0 unspecified atom stereocenters. The number of aryl methyl sites for hydroxylation is 2. The Morgan fingerprint density at radius 1 is 1.29 bits per heavy atom. The molecular weight excluding hydrogens is 285 g/mol. The maximum absolute atomic E-state index is 12.4. The highest BCUT2D eigenvalue weighted by Crippen LogP contribution is 2.25. The molecule has 0 aliphatic carbocycles. The molecule has 0 saturated heterocycles. The number of nitrogens with two attached hydrogens (primary N) is 1. The number of aromatic nitrogens is 3. The molecule has 0 aromatic carbocycles. The number of methoxy groups -OCH3 is 1. The average Bonchev–Trinajstić information content (AvgIpc) is 2.77. The molecule has 0 saturated carbocycles. The molecule has 0 radical (unpaired) electrons. The Morgan fingerprint density at radius 3 is 2.62 bits per heavy atom. The highest BCUT2D eigenvalue weighted by Gasteiger charge is 2.28. The lowest BCUT2D eigenvalue weighted by Crippen LogP contribution is -2.12. The van der Waals surface area contributed by atoms with Crippen LogP contribution in [-0.4, -0.2) is 27.8 Å². The molecule has 21 heavy (non-hydrogen) atoms. The van der Waals surface area contributed by atoms with Gasteiger partial charge >= 0.3 is 6.18 Å². The van der Waals surface area contributed by atoms with Crippen LogP contribution in [0.5, 0.6) is 5.88 Å². The molecule has 0 aliphatic heterocycles. The number of hydrogen-bond acceptors (Lipinski definition) is 4. The molecule has 0 amide bonds. The molecule has 0 atom stereocenters. The van der Waals surface area contributed by atoms with Crippen molar-refractivity contribution in [1.82, 2.24) is 14.5 Å². The van der Waals surface area contributed by atoms with E-state index in [1.54, 1.807) is 25.3 Å². The highest BCUT2D eigenvalue weighted by molar-refractivity contribution is 5.55. The molecule has 2 N–H and O–H groups in total. The minimum absolute atomic E-state index is 0.240. The zero-order valence-corrected chi connectivity index (χ0v) is 11.6. The maximum atomic E-state index is 12.4. The smallest absolute Gasteiger partial charge is 0.389 e. The lowest BCUT2D eigenvalue weighted by Gasteiger charge is -2.11. The molecule has 0 aliphatic rings. The Morgan fingerprint density at radius 2 is 2.00 bits per heavy atom. The zero-order valence-electron chi connectivity index (χ0n) is 11.6. The SMILES string of the molecule is COc1ccc(N)c(-n2cc(C)nc2CCC(F)(F)F)n1. The van der Waals surface area contributed by atoms with E-state index in [4.69, 9.17) is 10.5 Å². The molecule has 0 fully saturated rings. The van der Waals surface area contributed by atoms with E-state index in [0.29, 0.717) is 23.1 Å². The molecule has 0 spiro atoms. The highest BCUT2D eigenvalue weighted by atomic mass is 19.4. The normalized spacial score (nSPS) is 11.7. The number of ether oxygens (including phenoxy) is 1. The van der Waals surface area contributed by atoms with Gasteiger partial charge in [0, 0.05) is 18.7 Å². The van der Waals surface area contributed by atoms with Gasteiger partial charge in [0.15, 0.2) is 5.82 Å². The number of nitrogen functional groups attached to an aromatic ring is 1. The molecule has 2 rings (SSSR count). The van der Waals surface area contributed by atoms with E-state index < -0.39 is 12.6 Å². The van der Waals surface area contributed by atoms with Crippen molar-refractivity contribution < 1.29 is 17.9 Å². The van der Waals surface area contributed by atoms with Crippen LogP contribution in [0.2, 0.25) is 0 Å². The number of pyridine rings is 1. The van der Waals surface area contributed by atoms with Gasteiger partial charge in [0.2, 0.25) is 5.88 Å². The van der Waals surface area contributed by atoms with Crippen molar-refractivity contribution in [3.8, 4) is 11.7 Å². The third kappa shape index (κ3) is 3.65. The van der Waals surface area contributed by atoms with Crippen LogP contribution in [0, 0.1) is 6.92 Å². The van der Waals surface area contributed by atoms with Crippen molar-refractivity contribution in [1.29, 1.82) is 0 Å². The fraction of sp³-hybridized carbons (Fsp3) is 0.385. The molecule has 114 valence electrons. The van der Waals surface area contributed by atoms with Gasteiger partial charge in [-0.3, -0.25) is 4.57 Å². The zero-order chi connectivity index (χ0) is 15.6. The number of halogens is 3. The second-order valence-corrected chi connectivity index (χ2v) is 4.55. The van der Waals surface area contributed by atoms with Gasteiger partial charge in [0.05, 0.1) is 24.9 Å². The minimum atomic E-state index is -4.24. The van der Waals surface area contributed by atoms with Crippen molar-refractivity contribution in [3.63, 3.8) is 0 Å². The first-order valence-electron chi connectivity index (χ1n) is 6.22. The molecule has 2 aromatic heterocycles. The van der Waals surface area contributed by atoms with Crippen LogP contribution in [0.3, 0.4) is 0 Å². The summed E-state index contributed by atoms with van der Waals surface area (Å²) in [7, 11) is 1.45. The van der Waals surface area contributed by atoms with Gasteiger partial charge in [-0.05, 0) is 13.0 Å². The van der Waals surface area contributed by atoms with Crippen LogP contribution in [0.1, 0.15) is 17.9 Å². The first-order chi connectivity index (χ1) is 9.80. The molecule has 2 aromatic rings. The van der Waals surface area contributed by atoms with Crippen LogP contribution >= 0.6 is 0 Å². The number of alkyl halides is 3. The van der Waals surface area contributed by atoms with Gasteiger partial charge < -0.3 is 10.5 Å². The summed E-state index contributed by atoms with van der Waals surface area (Å²) in [6.07, 6.45) is -3.83. The molecule has 5 nitrogen and oxygen atoms in total. The summed E-state index contributed by atoms with van der Waals surface area (Å²) in [5.74, 6) is 0.900. The van der Waals surface area contributed by atoms with E-state index >= 15 is 0 Å². The van der Waals surface area contributed by atoms with Gasteiger partial charge in [-0.15, -0.1) is 0 Å². The lowest BCUT2D eigenvalue weighted by molar-refractivity contribution is -0.134. The van der Waals surface area contributed by atoms with Crippen molar-refractivity contribution >= 4 is 5.69 Å². The van der Waals surface area contributed by atoms with E-state index in [-0.39, 0.29) is 12.2 Å². The Hall–Kier alpha value is -2.25. The minimum Gasteiger partial charge on any atom is -0.481 e. The summed E-state index contributed by atoms with van der Waals surface area (Å²) in [6.45, 7) is 1.70. The quantitative estimate of drug-likeness (QED) is 0.942. The number of hydrogen-bond donors (Lipinski definition) is 1. The summed E-state index contributed by atoms with van der Waals surface area (Å²) < 4.78 is 43.6.